The van der Waals surface area contributed by atoms with Crippen LogP contribution in [-0.2, 0) is 6.42 Å². The number of ether oxygens (including phenoxy) is 1. The van der Waals surface area contributed by atoms with Crippen molar-refractivity contribution in [3.63, 3.8) is 0 Å². The monoisotopic (exact) mass is 245 g/mol. The molecule has 0 amide bonds. The fraction of sp³-hybridized carbons (Fsp3) is 0.231. The number of carboxylic acids is 1. The van der Waals surface area contributed by atoms with E-state index >= 15 is 0 Å². The lowest BCUT2D eigenvalue weighted by Crippen LogP contribution is -2.05. The summed E-state index contributed by atoms with van der Waals surface area (Å²) in [5.74, 6) is -0.444. The van der Waals surface area contributed by atoms with Gasteiger partial charge in [0.25, 0.3) is 0 Å². The lowest BCUT2D eigenvalue weighted by Gasteiger charge is -2.02. The Bertz CT molecular complexity index is 617. The van der Waals surface area contributed by atoms with Gasteiger partial charge in [-0.25, -0.2) is 4.79 Å². The van der Waals surface area contributed by atoms with Gasteiger partial charge in [0, 0.05) is 23.6 Å². The summed E-state index contributed by atoms with van der Waals surface area (Å²) >= 11 is 0. The van der Waals surface area contributed by atoms with Crippen LogP contribution >= 0.6 is 0 Å². The van der Waals surface area contributed by atoms with E-state index in [1.807, 2.05) is 25.1 Å². The van der Waals surface area contributed by atoms with Crippen LogP contribution < -0.4 is 4.74 Å². The van der Waals surface area contributed by atoms with Crippen molar-refractivity contribution in [3.8, 4) is 17.0 Å². The predicted octanol–water partition coefficient (Wildman–Crippen LogP) is 2.36. The second kappa shape index (κ2) is 3.87. The zero-order valence-electron chi connectivity index (χ0n) is 9.71. The third-order valence-electron chi connectivity index (χ3n) is 2.95. The van der Waals surface area contributed by atoms with E-state index in [-0.39, 0.29) is 11.9 Å². The molecule has 18 heavy (non-hydrogen) atoms. The Labute approximate surface area is 103 Å². The Balaban J connectivity index is 2.07. The van der Waals surface area contributed by atoms with Crippen LogP contribution in [0.25, 0.3) is 11.3 Å². The van der Waals surface area contributed by atoms with Crippen LogP contribution in [0.5, 0.6) is 5.75 Å². The molecule has 1 aromatic heterocycles. The second-order valence-corrected chi connectivity index (χ2v) is 4.30. The van der Waals surface area contributed by atoms with Crippen LogP contribution in [0, 0.1) is 0 Å². The molecule has 0 radical (unpaired) electrons. The molecule has 1 aromatic carbocycles. The average molecular weight is 245 g/mol. The number of hydrogen-bond donors (Lipinski definition) is 1. The first-order chi connectivity index (χ1) is 8.65. The Morgan fingerprint density at radius 1 is 1.50 bits per heavy atom. The van der Waals surface area contributed by atoms with Gasteiger partial charge < -0.3 is 14.4 Å². The summed E-state index contributed by atoms with van der Waals surface area (Å²) in [5, 5.41) is 12.6. The Hall–Kier alpha value is -2.30. The van der Waals surface area contributed by atoms with Crippen LogP contribution in [0.2, 0.25) is 0 Å². The van der Waals surface area contributed by atoms with Crippen LogP contribution in [0.15, 0.2) is 28.8 Å². The van der Waals surface area contributed by atoms with Crippen molar-refractivity contribution in [3.05, 3.63) is 35.6 Å². The predicted molar refractivity (Wildman–Crippen MR) is 62.7 cm³/mol. The maximum atomic E-state index is 10.8. The van der Waals surface area contributed by atoms with Crippen LogP contribution in [-0.4, -0.2) is 22.3 Å². The SMILES string of the molecule is CC1Cc2c(cccc2-c2cc(C(=O)O)on2)O1. The number of aromatic carboxylic acids is 1. The summed E-state index contributed by atoms with van der Waals surface area (Å²) in [4.78, 5) is 10.8. The molecule has 2 aromatic rings. The minimum absolute atomic E-state index is 0.131. The zero-order chi connectivity index (χ0) is 12.7. The molecule has 3 rings (SSSR count). The summed E-state index contributed by atoms with van der Waals surface area (Å²) < 4.78 is 10.4. The van der Waals surface area contributed by atoms with Gasteiger partial charge in [-0.3, -0.25) is 0 Å². The molecule has 1 aliphatic rings. The minimum atomic E-state index is -1.12. The summed E-state index contributed by atoms with van der Waals surface area (Å²) in [6.45, 7) is 2.00. The van der Waals surface area contributed by atoms with Gasteiger partial charge in [-0.05, 0) is 13.0 Å². The normalized spacial score (nSPS) is 17.3. The second-order valence-electron chi connectivity index (χ2n) is 4.30. The highest BCUT2D eigenvalue weighted by Crippen LogP contribution is 2.36. The largest absolute Gasteiger partial charge is 0.490 e. The lowest BCUT2D eigenvalue weighted by atomic mass is 10.0. The number of aromatic nitrogens is 1. The van der Waals surface area contributed by atoms with Gasteiger partial charge in [0.05, 0.1) is 0 Å². The Morgan fingerprint density at radius 3 is 3.06 bits per heavy atom. The number of carbonyl (C=O) groups is 1. The first kappa shape index (κ1) is 10.8. The molecule has 5 heteroatoms. The van der Waals surface area contributed by atoms with Crippen molar-refractivity contribution in [1.29, 1.82) is 0 Å². The summed E-state index contributed by atoms with van der Waals surface area (Å²) in [5.41, 5.74) is 2.45. The molecule has 1 atom stereocenters. The molecule has 0 fully saturated rings. The number of nitrogens with zero attached hydrogens (tertiary/aromatic N) is 1. The van der Waals surface area contributed by atoms with Gasteiger partial charge >= 0.3 is 5.97 Å². The maximum Gasteiger partial charge on any atom is 0.374 e. The molecule has 0 aliphatic carbocycles. The fourth-order valence-corrected chi connectivity index (χ4v) is 2.18. The number of carboxylic acid groups (broad SMARTS) is 1. The molecular weight excluding hydrogens is 234 g/mol. The molecule has 92 valence electrons. The third kappa shape index (κ3) is 1.64. The van der Waals surface area contributed by atoms with Crippen molar-refractivity contribution in [2.45, 2.75) is 19.4 Å². The van der Waals surface area contributed by atoms with Crippen LogP contribution in [0.4, 0.5) is 0 Å². The van der Waals surface area contributed by atoms with Gasteiger partial charge in [0.2, 0.25) is 5.76 Å². The zero-order valence-corrected chi connectivity index (χ0v) is 9.71. The van der Waals surface area contributed by atoms with E-state index in [2.05, 4.69) is 5.16 Å². The number of rotatable bonds is 2. The number of hydrogen-bond acceptors (Lipinski definition) is 4. The Kier molecular flexibility index (Phi) is 2.33. The molecule has 0 saturated heterocycles. The molecule has 2 heterocycles. The summed E-state index contributed by atoms with van der Waals surface area (Å²) in [7, 11) is 0. The molecule has 5 nitrogen and oxygen atoms in total. The van der Waals surface area contributed by atoms with E-state index in [1.54, 1.807) is 0 Å². The van der Waals surface area contributed by atoms with Gasteiger partial charge in [0.15, 0.2) is 0 Å². The molecular formula is C13H11NO4. The van der Waals surface area contributed by atoms with Crippen LogP contribution in [0.1, 0.15) is 23.0 Å². The van der Waals surface area contributed by atoms with E-state index in [0.717, 1.165) is 23.3 Å². The molecule has 1 N–H and O–H groups in total. The first-order valence-electron chi connectivity index (χ1n) is 5.64. The van der Waals surface area contributed by atoms with Crippen molar-refractivity contribution in [2.24, 2.45) is 0 Å². The van der Waals surface area contributed by atoms with Gasteiger partial charge in [-0.1, -0.05) is 17.3 Å². The summed E-state index contributed by atoms with van der Waals surface area (Å²) in [6, 6.07) is 7.09. The highest BCUT2D eigenvalue weighted by Gasteiger charge is 2.24. The first-order valence-corrected chi connectivity index (χ1v) is 5.64. The van der Waals surface area contributed by atoms with E-state index in [0.29, 0.717) is 5.69 Å². The molecule has 1 unspecified atom stereocenters. The van der Waals surface area contributed by atoms with Crippen molar-refractivity contribution in [2.75, 3.05) is 0 Å². The van der Waals surface area contributed by atoms with Gasteiger partial charge in [-0.2, -0.15) is 0 Å². The molecule has 0 saturated carbocycles. The lowest BCUT2D eigenvalue weighted by molar-refractivity contribution is 0.0652. The number of benzene rings is 1. The highest BCUT2D eigenvalue weighted by atomic mass is 16.5. The van der Waals surface area contributed by atoms with Crippen molar-refractivity contribution >= 4 is 5.97 Å². The molecule has 1 aliphatic heterocycles. The van der Waals surface area contributed by atoms with Crippen LogP contribution in [0.3, 0.4) is 0 Å². The quantitative estimate of drug-likeness (QED) is 0.879. The maximum absolute atomic E-state index is 10.8. The molecule has 0 spiro atoms. The average Bonchev–Trinajstić information content (AvgIpc) is 2.92. The topological polar surface area (TPSA) is 72.6 Å². The standard InChI is InChI=1S/C13H11NO4/c1-7-5-9-8(3-2-4-11(9)17-7)10-6-12(13(15)16)18-14-10/h2-4,6-7H,5H2,1H3,(H,15,16). The van der Waals surface area contributed by atoms with Crippen molar-refractivity contribution in [1.82, 2.24) is 5.16 Å². The molecule has 0 bridgehead atoms. The highest BCUT2D eigenvalue weighted by molar-refractivity contribution is 5.86. The van der Waals surface area contributed by atoms with E-state index in [1.165, 1.54) is 6.07 Å². The Morgan fingerprint density at radius 2 is 2.33 bits per heavy atom. The fourth-order valence-electron chi connectivity index (χ4n) is 2.18. The smallest absolute Gasteiger partial charge is 0.374 e. The van der Waals surface area contributed by atoms with Gasteiger partial charge in [-0.15, -0.1) is 0 Å². The van der Waals surface area contributed by atoms with E-state index in [9.17, 15) is 4.79 Å². The minimum Gasteiger partial charge on any atom is -0.490 e. The van der Waals surface area contributed by atoms with Gasteiger partial charge in [0.1, 0.15) is 17.5 Å². The number of fused-ring (bicyclic) bond motifs is 1. The van der Waals surface area contributed by atoms with E-state index < -0.39 is 5.97 Å². The summed E-state index contributed by atoms with van der Waals surface area (Å²) in [6.07, 6.45) is 0.924. The van der Waals surface area contributed by atoms with E-state index in [4.69, 9.17) is 14.4 Å². The van der Waals surface area contributed by atoms with Crippen molar-refractivity contribution < 1.29 is 19.2 Å². The third-order valence-corrected chi connectivity index (χ3v) is 2.95.